The van der Waals surface area contributed by atoms with E-state index in [1.54, 1.807) is 6.07 Å². The Morgan fingerprint density at radius 2 is 2.08 bits per heavy atom. The van der Waals surface area contributed by atoms with Crippen LogP contribution in [0.3, 0.4) is 0 Å². The van der Waals surface area contributed by atoms with Gasteiger partial charge in [0.15, 0.2) is 0 Å². The van der Waals surface area contributed by atoms with Gasteiger partial charge in [-0.25, -0.2) is 9.78 Å². The zero-order chi connectivity index (χ0) is 18.3. The Hall–Kier alpha value is -2.19. The Kier molecular flexibility index (Phi) is 4.54. The lowest BCUT2D eigenvalue weighted by molar-refractivity contribution is 0.0963. The number of carboxylic acid groups (broad SMARTS) is 1. The third-order valence-corrected chi connectivity index (χ3v) is 6.41. The Balaban J connectivity index is 1.68. The van der Waals surface area contributed by atoms with Crippen molar-refractivity contribution < 1.29 is 9.90 Å². The van der Waals surface area contributed by atoms with Crippen LogP contribution in [-0.2, 0) is 0 Å². The van der Waals surface area contributed by atoms with Crippen LogP contribution < -0.4 is 5.56 Å². The molecule has 134 valence electrons. The molecule has 4 rings (SSSR count). The lowest BCUT2D eigenvalue weighted by Gasteiger charge is -2.37. The van der Waals surface area contributed by atoms with Crippen molar-refractivity contribution in [2.75, 3.05) is 6.54 Å². The fourth-order valence-electron chi connectivity index (χ4n) is 3.55. The van der Waals surface area contributed by atoms with Crippen molar-refractivity contribution in [3.8, 4) is 0 Å². The van der Waals surface area contributed by atoms with E-state index in [2.05, 4.69) is 25.9 Å². The predicted molar refractivity (Wildman–Crippen MR) is 104 cm³/mol. The van der Waals surface area contributed by atoms with Crippen LogP contribution in [0, 0.1) is 0 Å². The number of piperidine rings is 1. The summed E-state index contributed by atoms with van der Waals surface area (Å²) in [6, 6.07) is 11.3. The van der Waals surface area contributed by atoms with Gasteiger partial charge in [0.1, 0.15) is 10.5 Å². The van der Waals surface area contributed by atoms with Gasteiger partial charge >= 0.3 is 6.09 Å². The molecule has 1 aliphatic rings. The van der Waals surface area contributed by atoms with Crippen LogP contribution in [0.15, 0.2) is 45.0 Å². The van der Waals surface area contributed by atoms with Crippen molar-refractivity contribution >= 4 is 43.6 Å². The number of hydrogen-bond acceptors (Lipinski definition) is 4. The fourth-order valence-corrected chi connectivity index (χ4v) is 4.97. The van der Waals surface area contributed by atoms with Crippen molar-refractivity contribution in [2.45, 2.75) is 24.8 Å². The Morgan fingerprint density at radius 3 is 2.81 bits per heavy atom. The molecule has 1 aromatic carbocycles. The van der Waals surface area contributed by atoms with Crippen LogP contribution in [-0.4, -0.2) is 32.6 Å². The second-order valence-corrected chi connectivity index (χ2v) is 8.78. The van der Waals surface area contributed by atoms with E-state index in [4.69, 9.17) is 0 Å². The number of nitrogens with zero attached hydrogens (tertiary/aromatic N) is 2. The molecule has 3 heterocycles. The molecule has 1 unspecified atom stereocenters. The van der Waals surface area contributed by atoms with Gasteiger partial charge < -0.3 is 10.1 Å². The number of benzene rings is 1. The van der Waals surface area contributed by atoms with Crippen LogP contribution in [0.25, 0.3) is 10.2 Å². The lowest BCUT2D eigenvalue weighted by atomic mass is 9.87. The molecule has 1 amide bonds. The van der Waals surface area contributed by atoms with Crippen molar-refractivity contribution in [3.05, 3.63) is 61.9 Å². The monoisotopic (exact) mass is 433 g/mol. The fraction of sp³-hybridized carbons (Fsp3) is 0.278. The summed E-state index contributed by atoms with van der Waals surface area (Å²) in [6.07, 6.45) is 0.462. The molecule has 0 radical (unpaired) electrons. The molecular weight excluding hydrogens is 418 g/mol. The van der Waals surface area contributed by atoms with E-state index in [0.717, 1.165) is 15.8 Å². The number of aromatic nitrogens is 2. The molecule has 6 nitrogen and oxygen atoms in total. The smallest absolute Gasteiger partial charge is 0.407 e. The third kappa shape index (κ3) is 3.14. The molecule has 0 spiro atoms. The maximum absolute atomic E-state index is 12.3. The number of thiophene rings is 1. The van der Waals surface area contributed by atoms with Gasteiger partial charge in [-0.15, -0.1) is 11.3 Å². The molecule has 0 aliphatic carbocycles. The summed E-state index contributed by atoms with van der Waals surface area (Å²) in [5.74, 6) is 0.566. The summed E-state index contributed by atoms with van der Waals surface area (Å²) < 4.78 is 1.37. The molecule has 8 heteroatoms. The number of likely N-dealkylation sites (tertiary alicyclic amines) is 1. The first-order chi connectivity index (χ1) is 12.5. The van der Waals surface area contributed by atoms with E-state index < -0.39 is 12.1 Å². The molecule has 2 N–H and O–H groups in total. The SMILES string of the molecule is O=C(O)N1C[C@@H](c2ccccc2)CCC1c1nc2cc(Br)sc2c(=O)[nH]1. The summed E-state index contributed by atoms with van der Waals surface area (Å²) in [5, 5.41) is 9.72. The Labute approximate surface area is 161 Å². The minimum absolute atomic E-state index is 0.147. The number of fused-ring (bicyclic) bond motifs is 1. The van der Waals surface area contributed by atoms with Gasteiger partial charge in [-0.3, -0.25) is 9.69 Å². The van der Waals surface area contributed by atoms with E-state index in [0.29, 0.717) is 29.0 Å². The lowest BCUT2D eigenvalue weighted by Crippen LogP contribution is -2.41. The average molecular weight is 434 g/mol. The maximum atomic E-state index is 12.3. The van der Waals surface area contributed by atoms with E-state index in [1.807, 2.05) is 30.3 Å². The number of nitrogens with one attached hydrogen (secondary N) is 1. The maximum Gasteiger partial charge on any atom is 0.407 e. The average Bonchev–Trinajstić information content (AvgIpc) is 3.03. The molecule has 0 saturated carbocycles. The Bertz CT molecular complexity index is 1020. The van der Waals surface area contributed by atoms with Crippen LogP contribution in [0.1, 0.15) is 36.2 Å². The first-order valence-electron chi connectivity index (χ1n) is 8.26. The van der Waals surface area contributed by atoms with Gasteiger partial charge in [0.2, 0.25) is 0 Å². The normalized spacial score (nSPS) is 20.4. The number of halogens is 1. The van der Waals surface area contributed by atoms with Gasteiger partial charge in [0.25, 0.3) is 5.56 Å². The molecule has 3 aromatic rings. The van der Waals surface area contributed by atoms with Crippen molar-refractivity contribution in [3.63, 3.8) is 0 Å². The van der Waals surface area contributed by atoms with Gasteiger partial charge in [0, 0.05) is 12.5 Å². The largest absolute Gasteiger partial charge is 0.465 e. The van der Waals surface area contributed by atoms with Gasteiger partial charge in [-0.05, 0) is 40.4 Å². The third-order valence-electron chi connectivity index (χ3n) is 4.79. The molecule has 0 bridgehead atoms. The van der Waals surface area contributed by atoms with Crippen LogP contribution in [0.2, 0.25) is 0 Å². The first kappa shape index (κ1) is 17.2. The summed E-state index contributed by atoms with van der Waals surface area (Å²) in [5.41, 5.74) is 1.50. The Morgan fingerprint density at radius 1 is 1.31 bits per heavy atom. The minimum atomic E-state index is -0.995. The number of H-pyrrole nitrogens is 1. The predicted octanol–water partition coefficient (Wildman–Crippen LogP) is 4.35. The molecule has 1 fully saturated rings. The minimum Gasteiger partial charge on any atom is -0.465 e. The van der Waals surface area contributed by atoms with Crippen LogP contribution in [0.4, 0.5) is 4.79 Å². The molecule has 2 atom stereocenters. The summed E-state index contributed by atoms with van der Waals surface area (Å²) >= 11 is 4.69. The number of amides is 1. The number of rotatable bonds is 2. The zero-order valence-corrected chi connectivity index (χ0v) is 16.1. The van der Waals surface area contributed by atoms with Crippen molar-refractivity contribution in [2.24, 2.45) is 0 Å². The highest BCUT2D eigenvalue weighted by Gasteiger charge is 2.34. The summed E-state index contributed by atoms with van der Waals surface area (Å²) in [4.78, 5) is 32.9. The van der Waals surface area contributed by atoms with Crippen LogP contribution in [0.5, 0.6) is 0 Å². The van der Waals surface area contributed by atoms with Gasteiger partial charge in [0.05, 0.1) is 15.3 Å². The van der Waals surface area contributed by atoms with E-state index in [-0.39, 0.29) is 11.5 Å². The second kappa shape index (κ2) is 6.85. The quantitative estimate of drug-likeness (QED) is 0.628. The summed E-state index contributed by atoms with van der Waals surface area (Å²) in [7, 11) is 0. The molecule has 1 aliphatic heterocycles. The number of hydrogen-bond donors (Lipinski definition) is 2. The number of carbonyl (C=O) groups is 1. The summed E-state index contributed by atoms with van der Waals surface area (Å²) in [6.45, 7) is 0.388. The van der Waals surface area contributed by atoms with Gasteiger partial charge in [-0.2, -0.15) is 0 Å². The standard InChI is InChI=1S/C18H16BrN3O3S/c19-14-8-12-15(26-14)17(23)21-16(20-12)13-7-6-11(9-22(13)18(24)25)10-4-2-1-3-5-10/h1-5,8,11,13H,6-7,9H2,(H,24,25)(H,20,21,23)/t11-,13?/m0/s1. The van der Waals surface area contributed by atoms with Gasteiger partial charge in [-0.1, -0.05) is 30.3 Å². The topological polar surface area (TPSA) is 86.3 Å². The van der Waals surface area contributed by atoms with Crippen molar-refractivity contribution in [1.82, 2.24) is 14.9 Å². The van der Waals surface area contributed by atoms with Crippen molar-refractivity contribution in [1.29, 1.82) is 0 Å². The highest BCUT2D eigenvalue weighted by atomic mass is 79.9. The highest BCUT2D eigenvalue weighted by molar-refractivity contribution is 9.11. The van der Waals surface area contributed by atoms with E-state index >= 15 is 0 Å². The molecule has 2 aromatic heterocycles. The van der Waals surface area contributed by atoms with Crippen LogP contribution >= 0.6 is 27.3 Å². The highest BCUT2D eigenvalue weighted by Crippen LogP contribution is 2.37. The number of aromatic amines is 1. The molecule has 26 heavy (non-hydrogen) atoms. The zero-order valence-electron chi connectivity index (χ0n) is 13.7. The molecular formula is C18H16BrN3O3S. The van der Waals surface area contributed by atoms with E-state index in [1.165, 1.54) is 16.2 Å². The van der Waals surface area contributed by atoms with E-state index in [9.17, 15) is 14.7 Å². The first-order valence-corrected chi connectivity index (χ1v) is 9.87. The second-order valence-electron chi connectivity index (χ2n) is 6.35. The molecule has 1 saturated heterocycles.